The molecule has 0 aromatic heterocycles. The van der Waals surface area contributed by atoms with Gasteiger partial charge in [0.25, 0.3) is 0 Å². The molecule has 0 spiro atoms. The van der Waals surface area contributed by atoms with E-state index < -0.39 is 0 Å². The van der Waals surface area contributed by atoms with E-state index in [9.17, 15) is 4.79 Å². The molecule has 0 atom stereocenters. The van der Waals surface area contributed by atoms with Crippen LogP contribution in [0, 0.1) is 0 Å². The Morgan fingerprint density at radius 2 is 1.89 bits per heavy atom. The molecule has 0 unspecified atom stereocenters. The van der Waals surface area contributed by atoms with Crippen molar-refractivity contribution in [1.82, 2.24) is 9.55 Å². The third-order valence-electron chi connectivity index (χ3n) is 2.95. The molecule has 1 aliphatic carbocycles. The van der Waals surface area contributed by atoms with Crippen molar-refractivity contribution in [3.05, 3.63) is 50.6 Å². The van der Waals surface area contributed by atoms with Gasteiger partial charge in [-0.25, -0.2) is 4.98 Å². The Hall–Kier alpha value is -1.58. The number of benzene rings is 2. The van der Waals surface area contributed by atoms with E-state index in [0.29, 0.717) is 16.4 Å². The maximum atomic E-state index is 12.0. The van der Waals surface area contributed by atoms with E-state index in [4.69, 9.17) is 23.2 Å². The van der Waals surface area contributed by atoms with E-state index in [1.807, 2.05) is 35.9 Å². The number of rotatable bonds is 0. The van der Waals surface area contributed by atoms with Crippen molar-refractivity contribution >= 4 is 34.2 Å². The first kappa shape index (κ1) is 11.5. The van der Waals surface area contributed by atoms with Crippen LogP contribution in [0.2, 0.25) is 10.0 Å². The van der Waals surface area contributed by atoms with E-state index in [0.717, 1.165) is 11.0 Å². The zero-order valence-electron chi connectivity index (χ0n) is 9.45. The lowest BCUT2D eigenvalue weighted by Crippen LogP contribution is -2.14. The summed E-state index contributed by atoms with van der Waals surface area (Å²) in [5, 5.41) is 0.519. The zero-order valence-corrected chi connectivity index (χ0v) is 11.0. The molecule has 3 rings (SSSR count). The summed E-state index contributed by atoms with van der Waals surface area (Å²) in [5.74, 6) is 0. The molecule has 0 N–H and O–H groups in total. The maximum Gasteiger partial charge on any atom is 0.224 e. The van der Waals surface area contributed by atoms with E-state index in [1.54, 1.807) is 0 Å². The molecule has 1 aromatic carbocycles. The van der Waals surface area contributed by atoms with Crippen LogP contribution >= 0.6 is 23.2 Å². The summed E-state index contributed by atoms with van der Waals surface area (Å²) in [6, 6.07) is 9.03. The lowest BCUT2D eigenvalue weighted by atomic mass is 10.1. The van der Waals surface area contributed by atoms with Crippen molar-refractivity contribution < 1.29 is 0 Å². The minimum Gasteiger partial charge on any atom is -0.340 e. The molecule has 0 saturated heterocycles. The van der Waals surface area contributed by atoms with Crippen molar-refractivity contribution in [2.75, 3.05) is 0 Å². The van der Waals surface area contributed by atoms with Gasteiger partial charge < -0.3 is 4.57 Å². The van der Waals surface area contributed by atoms with Crippen LogP contribution in [-0.2, 0) is 7.05 Å². The van der Waals surface area contributed by atoms with Crippen LogP contribution in [-0.4, -0.2) is 9.55 Å². The molecule has 0 radical (unpaired) electrons. The average Bonchev–Trinajstić information content (AvgIpc) is 2.36. The Balaban J connectivity index is 2.64. The quantitative estimate of drug-likeness (QED) is 0.591. The Morgan fingerprint density at radius 3 is 2.67 bits per heavy atom. The predicted octanol–water partition coefficient (Wildman–Crippen LogP) is 3.35. The highest BCUT2D eigenvalue weighted by Gasteiger charge is 2.19. The summed E-state index contributed by atoms with van der Waals surface area (Å²) in [6.45, 7) is 0. The first-order valence-electron chi connectivity index (χ1n) is 5.33. The lowest BCUT2D eigenvalue weighted by Gasteiger charge is -2.15. The van der Waals surface area contributed by atoms with E-state index >= 15 is 0 Å². The summed E-state index contributed by atoms with van der Waals surface area (Å²) < 4.78 is 1.86. The van der Waals surface area contributed by atoms with E-state index in [2.05, 4.69) is 4.98 Å². The Bertz CT molecular complexity index is 795. The van der Waals surface area contributed by atoms with Gasteiger partial charge in [-0.3, -0.25) is 4.79 Å². The zero-order chi connectivity index (χ0) is 12.9. The number of para-hydroxylation sites is 2. The predicted molar refractivity (Wildman–Crippen MR) is 73.6 cm³/mol. The van der Waals surface area contributed by atoms with E-state index in [-0.39, 0.29) is 10.5 Å². The van der Waals surface area contributed by atoms with Crippen LogP contribution in [0.5, 0.6) is 0 Å². The summed E-state index contributed by atoms with van der Waals surface area (Å²) in [7, 11) is 1.85. The molecule has 2 aliphatic rings. The minimum atomic E-state index is -0.294. The van der Waals surface area contributed by atoms with Gasteiger partial charge in [-0.15, -0.1) is 0 Å². The van der Waals surface area contributed by atoms with Gasteiger partial charge in [-0.05, 0) is 18.2 Å². The topological polar surface area (TPSA) is 34.9 Å². The molecule has 1 aromatic rings. The number of nitrogens with zero attached hydrogens (tertiary/aromatic N) is 2. The van der Waals surface area contributed by atoms with Crippen LogP contribution in [0.15, 0.2) is 35.1 Å². The molecular weight excluding hydrogens is 271 g/mol. The lowest BCUT2D eigenvalue weighted by molar-refractivity contribution is 0.944. The van der Waals surface area contributed by atoms with Gasteiger partial charge in [-0.2, -0.15) is 0 Å². The molecule has 5 heteroatoms. The highest BCUT2D eigenvalue weighted by Crippen LogP contribution is 2.30. The smallest absolute Gasteiger partial charge is 0.224 e. The van der Waals surface area contributed by atoms with Crippen LogP contribution in [0.3, 0.4) is 0 Å². The first-order valence-corrected chi connectivity index (χ1v) is 6.08. The molecule has 18 heavy (non-hydrogen) atoms. The highest BCUT2D eigenvalue weighted by molar-refractivity contribution is 6.36. The Labute approximate surface area is 113 Å². The molecule has 3 nitrogen and oxygen atoms in total. The van der Waals surface area contributed by atoms with Crippen LogP contribution in [0.25, 0.3) is 22.4 Å². The molecule has 0 amide bonds. The summed E-state index contributed by atoms with van der Waals surface area (Å²) in [6.07, 6.45) is 0. The van der Waals surface area contributed by atoms with Gasteiger partial charge in [-0.1, -0.05) is 35.3 Å². The van der Waals surface area contributed by atoms with Crippen molar-refractivity contribution in [3.63, 3.8) is 0 Å². The third kappa shape index (κ3) is 1.51. The van der Waals surface area contributed by atoms with Gasteiger partial charge in [0.15, 0.2) is 0 Å². The number of hydrogen-bond acceptors (Lipinski definition) is 2. The second-order valence-electron chi connectivity index (χ2n) is 4.03. The summed E-state index contributed by atoms with van der Waals surface area (Å²) in [5.41, 5.74) is 2.26. The van der Waals surface area contributed by atoms with Gasteiger partial charge in [0.05, 0.1) is 26.8 Å². The molecule has 90 valence electrons. The van der Waals surface area contributed by atoms with Crippen LogP contribution in [0.4, 0.5) is 0 Å². The fourth-order valence-corrected chi connectivity index (χ4v) is 2.66. The van der Waals surface area contributed by atoms with Crippen molar-refractivity contribution in [2.45, 2.75) is 0 Å². The second kappa shape index (κ2) is 3.97. The highest BCUT2D eigenvalue weighted by atomic mass is 35.5. The van der Waals surface area contributed by atoms with Crippen LogP contribution < -0.4 is 5.43 Å². The van der Waals surface area contributed by atoms with Crippen molar-refractivity contribution in [2.24, 2.45) is 7.05 Å². The normalized spacial score (nSPS) is 11.3. The van der Waals surface area contributed by atoms with Gasteiger partial charge >= 0.3 is 0 Å². The summed E-state index contributed by atoms with van der Waals surface area (Å²) in [4.78, 5) is 16.4. The van der Waals surface area contributed by atoms with Gasteiger partial charge in [0.2, 0.25) is 5.43 Å². The number of halogens is 2. The maximum absolute atomic E-state index is 12.0. The number of fused-ring (bicyclic) bond motifs is 2. The Kier molecular flexibility index (Phi) is 2.54. The Morgan fingerprint density at radius 1 is 1.17 bits per heavy atom. The largest absolute Gasteiger partial charge is 0.340 e. The molecule has 1 heterocycles. The third-order valence-corrected chi connectivity index (χ3v) is 3.52. The first-order chi connectivity index (χ1) is 8.59. The minimum absolute atomic E-state index is 0.0929. The number of hydrogen-bond donors (Lipinski definition) is 0. The average molecular weight is 279 g/mol. The fourth-order valence-electron chi connectivity index (χ4n) is 2.08. The monoisotopic (exact) mass is 278 g/mol. The molecule has 0 saturated carbocycles. The summed E-state index contributed by atoms with van der Waals surface area (Å²) >= 11 is 12.0. The molecule has 0 bridgehead atoms. The van der Waals surface area contributed by atoms with Crippen LogP contribution in [0.1, 0.15) is 0 Å². The standard InChI is InChI=1S/C13H8Cl2N2O/c1-17-10-5-3-2-4-9(10)16-11-12(17)7(14)6-8(15)13(11)18/h2-6H,1H3. The van der Waals surface area contributed by atoms with Crippen molar-refractivity contribution in [1.29, 1.82) is 0 Å². The van der Waals surface area contributed by atoms with Crippen molar-refractivity contribution in [3.8, 4) is 11.4 Å². The number of aryl methyl sites for hydroxylation is 1. The number of aromatic nitrogens is 2. The fraction of sp³-hybridized carbons (Fsp3) is 0.0769. The van der Waals surface area contributed by atoms with Gasteiger partial charge in [0.1, 0.15) is 5.69 Å². The SMILES string of the molecule is Cn1c2c(Cl)cc(Cl)c(=O)c-2nc2ccccc21. The van der Waals surface area contributed by atoms with Gasteiger partial charge in [0, 0.05) is 7.05 Å². The molecule has 0 fully saturated rings. The second-order valence-corrected chi connectivity index (χ2v) is 4.84. The molecule has 1 aliphatic heterocycles. The van der Waals surface area contributed by atoms with E-state index in [1.165, 1.54) is 6.07 Å². The molecular formula is C13H8Cl2N2O.